The van der Waals surface area contributed by atoms with E-state index in [1.54, 1.807) is 0 Å². The summed E-state index contributed by atoms with van der Waals surface area (Å²) < 4.78 is 188. The van der Waals surface area contributed by atoms with E-state index in [0.717, 1.165) is 0 Å². The van der Waals surface area contributed by atoms with Gasteiger partial charge in [-0.25, -0.2) is 9.18 Å². The van der Waals surface area contributed by atoms with E-state index in [1.807, 2.05) is 0 Å². The standard InChI is InChI=1S/C9HF15O2/c10-1(2(11)6(16,17)18)4(12,13)7(19,20)9(23,24)8(21,22)5(14,15)3(25)26/h(H,25,26)/b2-1+. The van der Waals surface area contributed by atoms with Crippen LogP contribution in [0.4, 0.5) is 65.9 Å². The molecule has 0 aromatic heterocycles. The fraction of sp³-hybridized carbons (Fsp3) is 0.667. The van der Waals surface area contributed by atoms with Crippen LogP contribution in [-0.4, -0.2) is 46.9 Å². The molecule has 154 valence electrons. The van der Waals surface area contributed by atoms with Gasteiger partial charge in [0.15, 0.2) is 0 Å². The first kappa shape index (κ1) is 24.2. The molecule has 0 aliphatic carbocycles. The normalized spacial score (nSPS) is 16.4. The zero-order valence-electron chi connectivity index (χ0n) is 11.0. The molecule has 0 atom stereocenters. The van der Waals surface area contributed by atoms with Crippen LogP contribution in [0.2, 0.25) is 0 Å². The van der Waals surface area contributed by atoms with E-state index in [2.05, 4.69) is 0 Å². The summed E-state index contributed by atoms with van der Waals surface area (Å²) in [6.45, 7) is 0. The molecule has 1 N–H and O–H groups in total. The highest BCUT2D eigenvalue weighted by atomic mass is 19.4. The molecule has 0 rings (SSSR count). The Balaban J connectivity index is 6.59. The summed E-state index contributed by atoms with van der Waals surface area (Å²) in [5.74, 6) is -53.1. The van der Waals surface area contributed by atoms with Crippen LogP contribution in [-0.2, 0) is 4.79 Å². The van der Waals surface area contributed by atoms with Crippen LogP contribution >= 0.6 is 0 Å². The maximum Gasteiger partial charge on any atom is 0.445 e. The number of allylic oxidation sites excluding steroid dienone is 2. The van der Waals surface area contributed by atoms with Crippen LogP contribution in [0.3, 0.4) is 0 Å². The molecule has 17 heteroatoms. The molecule has 0 spiro atoms. The lowest BCUT2D eigenvalue weighted by atomic mass is 9.93. The van der Waals surface area contributed by atoms with E-state index < -0.39 is 53.4 Å². The summed E-state index contributed by atoms with van der Waals surface area (Å²) in [7, 11) is 0. The molecule has 0 saturated heterocycles. The molecular formula is C9HF15O2. The number of carboxylic acids is 1. The van der Waals surface area contributed by atoms with Crippen molar-refractivity contribution >= 4 is 5.97 Å². The van der Waals surface area contributed by atoms with Crippen molar-refractivity contribution in [3.63, 3.8) is 0 Å². The molecule has 0 aliphatic heterocycles. The zero-order chi connectivity index (χ0) is 21.7. The van der Waals surface area contributed by atoms with Gasteiger partial charge in [0.25, 0.3) is 0 Å². The molecule has 0 saturated carbocycles. The van der Waals surface area contributed by atoms with Gasteiger partial charge in [-0.05, 0) is 0 Å². The Morgan fingerprint density at radius 2 is 0.846 bits per heavy atom. The lowest BCUT2D eigenvalue weighted by molar-refractivity contribution is -0.392. The second kappa shape index (κ2) is 6.11. The van der Waals surface area contributed by atoms with Gasteiger partial charge >= 0.3 is 41.8 Å². The van der Waals surface area contributed by atoms with Crippen LogP contribution < -0.4 is 0 Å². The first-order valence-electron chi connectivity index (χ1n) is 5.26. The molecule has 0 fully saturated rings. The third-order valence-corrected chi connectivity index (χ3v) is 2.56. The maximum atomic E-state index is 13.0. The third kappa shape index (κ3) is 3.15. The molecule has 0 aliphatic rings. The Bertz CT molecular complexity index is 599. The van der Waals surface area contributed by atoms with Gasteiger partial charge in [0.1, 0.15) is 0 Å². The molecule has 0 radical (unpaired) electrons. The number of halogens is 15. The first-order chi connectivity index (χ1) is 11.0. The van der Waals surface area contributed by atoms with Crippen molar-refractivity contribution in [2.45, 2.75) is 35.8 Å². The molecule has 0 aromatic carbocycles. The van der Waals surface area contributed by atoms with E-state index in [9.17, 15) is 70.7 Å². The third-order valence-electron chi connectivity index (χ3n) is 2.56. The topological polar surface area (TPSA) is 37.3 Å². The Morgan fingerprint density at radius 3 is 1.12 bits per heavy atom. The highest BCUT2D eigenvalue weighted by Gasteiger charge is 2.89. The fourth-order valence-electron chi connectivity index (χ4n) is 1.13. The van der Waals surface area contributed by atoms with Crippen molar-refractivity contribution in [3.05, 3.63) is 11.7 Å². The predicted molar refractivity (Wildman–Crippen MR) is 47.7 cm³/mol. The van der Waals surface area contributed by atoms with Crippen LogP contribution in [0, 0.1) is 0 Å². The van der Waals surface area contributed by atoms with Crippen molar-refractivity contribution in [1.82, 2.24) is 0 Å². The molecule has 0 bridgehead atoms. The Kier molecular flexibility index (Phi) is 5.67. The average molecular weight is 426 g/mol. The van der Waals surface area contributed by atoms with Gasteiger partial charge in [-0.1, -0.05) is 0 Å². The summed E-state index contributed by atoms with van der Waals surface area (Å²) in [5.41, 5.74) is 0. The lowest BCUT2D eigenvalue weighted by Gasteiger charge is -2.37. The van der Waals surface area contributed by atoms with E-state index in [4.69, 9.17) is 5.11 Å². The summed E-state index contributed by atoms with van der Waals surface area (Å²) in [4.78, 5) is 9.78. The molecule has 0 amide bonds. The minimum absolute atomic E-state index is 4.22. The van der Waals surface area contributed by atoms with Gasteiger partial charge < -0.3 is 5.11 Å². The van der Waals surface area contributed by atoms with E-state index in [1.165, 1.54) is 0 Å². The number of hydrogen-bond donors (Lipinski definition) is 1. The van der Waals surface area contributed by atoms with Gasteiger partial charge in [-0.2, -0.15) is 61.5 Å². The summed E-state index contributed by atoms with van der Waals surface area (Å²) in [6, 6.07) is 0. The van der Waals surface area contributed by atoms with Gasteiger partial charge in [0.2, 0.25) is 11.7 Å². The average Bonchev–Trinajstić information content (AvgIpc) is 2.43. The zero-order valence-corrected chi connectivity index (χ0v) is 11.0. The van der Waals surface area contributed by atoms with Gasteiger partial charge in [0.05, 0.1) is 0 Å². The fourth-order valence-corrected chi connectivity index (χ4v) is 1.13. The number of carboxylic acid groups (broad SMARTS) is 1. The molecule has 0 unspecified atom stereocenters. The highest BCUT2D eigenvalue weighted by molar-refractivity contribution is 5.77. The Labute approximate surface area is 130 Å². The largest absolute Gasteiger partial charge is 0.477 e. The van der Waals surface area contributed by atoms with Gasteiger partial charge in [0, 0.05) is 0 Å². The second-order valence-electron chi connectivity index (χ2n) is 4.30. The smallest absolute Gasteiger partial charge is 0.445 e. The highest BCUT2D eigenvalue weighted by Crippen LogP contribution is 2.59. The van der Waals surface area contributed by atoms with Crippen LogP contribution in [0.1, 0.15) is 0 Å². The summed E-state index contributed by atoms with van der Waals surface area (Å²) >= 11 is 0. The van der Waals surface area contributed by atoms with Crippen LogP contribution in [0.25, 0.3) is 0 Å². The van der Waals surface area contributed by atoms with E-state index in [-0.39, 0.29) is 0 Å². The predicted octanol–water partition coefficient (Wildman–Crippen LogP) is 4.96. The molecule has 26 heavy (non-hydrogen) atoms. The minimum atomic E-state index is -8.17. The monoisotopic (exact) mass is 426 g/mol. The lowest BCUT2D eigenvalue weighted by Crippen LogP contribution is -2.69. The van der Waals surface area contributed by atoms with Crippen molar-refractivity contribution in [1.29, 1.82) is 0 Å². The number of alkyl halides is 13. The number of aliphatic carboxylic acids is 1. The number of carbonyl (C=O) groups is 1. The first-order valence-corrected chi connectivity index (χ1v) is 5.26. The van der Waals surface area contributed by atoms with Crippen molar-refractivity contribution < 1.29 is 75.8 Å². The molecule has 0 heterocycles. The van der Waals surface area contributed by atoms with Gasteiger partial charge in [-0.3, -0.25) is 0 Å². The van der Waals surface area contributed by atoms with Crippen molar-refractivity contribution in [2.24, 2.45) is 0 Å². The van der Waals surface area contributed by atoms with Gasteiger partial charge in [-0.15, -0.1) is 0 Å². The maximum absolute atomic E-state index is 13.0. The van der Waals surface area contributed by atoms with Crippen molar-refractivity contribution in [2.75, 3.05) is 0 Å². The van der Waals surface area contributed by atoms with E-state index in [0.29, 0.717) is 0 Å². The number of hydrogen-bond acceptors (Lipinski definition) is 1. The summed E-state index contributed by atoms with van der Waals surface area (Å²) in [6.07, 6.45) is -6.81. The van der Waals surface area contributed by atoms with Crippen LogP contribution in [0.15, 0.2) is 11.7 Å². The number of rotatable bonds is 6. The molecule has 2 nitrogen and oxygen atoms in total. The van der Waals surface area contributed by atoms with Crippen LogP contribution in [0.5, 0.6) is 0 Å². The Hall–Kier alpha value is -1.84. The van der Waals surface area contributed by atoms with Crippen molar-refractivity contribution in [3.8, 4) is 0 Å². The quantitative estimate of drug-likeness (QED) is 0.610. The summed E-state index contributed by atoms with van der Waals surface area (Å²) in [5, 5.41) is 7.62. The van der Waals surface area contributed by atoms with E-state index >= 15 is 0 Å². The molecular weight excluding hydrogens is 425 g/mol. The molecule has 0 aromatic rings. The SMILES string of the molecule is O=C(O)C(F)(F)C(F)(F)C(F)(F)C(F)(F)C(F)(F)/C(F)=C(\F)C(F)(F)F. The second-order valence-corrected chi connectivity index (χ2v) is 4.30. The minimum Gasteiger partial charge on any atom is -0.477 e. The Morgan fingerprint density at radius 1 is 0.538 bits per heavy atom.